The Balaban J connectivity index is 2.00. The van der Waals surface area contributed by atoms with Crippen molar-refractivity contribution in [3.8, 4) is 12.0 Å². The van der Waals surface area contributed by atoms with Crippen molar-refractivity contribution in [3.63, 3.8) is 0 Å². The molecule has 24 heavy (non-hydrogen) atoms. The van der Waals surface area contributed by atoms with Gasteiger partial charge in [0.05, 0.1) is 5.69 Å². The molecule has 0 aliphatic carbocycles. The van der Waals surface area contributed by atoms with Crippen LogP contribution in [0.5, 0.6) is 0 Å². The van der Waals surface area contributed by atoms with Gasteiger partial charge in [-0.05, 0) is 37.3 Å². The van der Waals surface area contributed by atoms with Crippen molar-refractivity contribution in [2.75, 3.05) is 5.32 Å². The number of aryl methyl sites for hydroxylation is 1. The van der Waals surface area contributed by atoms with E-state index in [0.717, 1.165) is 6.07 Å². The van der Waals surface area contributed by atoms with E-state index in [1.165, 1.54) is 12.1 Å². The number of nitrogens with one attached hydrogen (secondary N) is 1. The van der Waals surface area contributed by atoms with Gasteiger partial charge < -0.3 is 9.73 Å². The summed E-state index contributed by atoms with van der Waals surface area (Å²) in [7, 11) is 0. The van der Waals surface area contributed by atoms with Crippen molar-refractivity contribution < 1.29 is 13.6 Å². The number of carbonyl (C=O) groups excluding carboxylic acids is 1. The number of rotatable bonds is 3. The lowest BCUT2D eigenvalue weighted by Crippen LogP contribution is -2.15. The van der Waals surface area contributed by atoms with Gasteiger partial charge in [0, 0.05) is 17.4 Å². The van der Waals surface area contributed by atoms with Crippen LogP contribution in [0.1, 0.15) is 21.7 Å². The molecule has 0 radical (unpaired) electrons. The first-order valence-corrected chi connectivity index (χ1v) is 7.32. The van der Waals surface area contributed by atoms with E-state index in [1.54, 1.807) is 36.0 Å². The number of amides is 1. The average molecular weight is 344 g/mol. The van der Waals surface area contributed by atoms with Gasteiger partial charge >= 0.3 is 0 Å². The average Bonchev–Trinajstić information content (AvgIpc) is 3.16. The van der Waals surface area contributed by atoms with Gasteiger partial charge in [-0.3, -0.25) is 9.36 Å². The van der Waals surface area contributed by atoms with Crippen molar-refractivity contribution >= 4 is 23.2 Å². The predicted octanol–water partition coefficient (Wildman–Crippen LogP) is 4.30. The number of nitrogens with zero attached hydrogens (tertiary/aromatic N) is 2. The van der Waals surface area contributed by atoms with Gasteiger partial charge in [0.2, 0.25) is 5.88 Å². The van der Waals surface area contributed by atoms with E-state index in [9.17, 15) is 14.4 Å². The van der Waals surface area contributed by atoms with Crippen LogP contribution < -0.4 is 5.32 Å². The molecule has 3 aromatic rings. The summed E-state index contributed by atoms with van der Waals surface area (Å²) in [5.41, 5.74) is 0.113. The van der Waals surface area contributed by atoms with E-state index in [-0.39, 0.29) is 33.5 Å². The van der Waals surface area contributed by atoms with Crippen LogP contribution in [0.2, 0.25) is 5.02 Å². The molecule has 1 aromatic carbocycles. The lowest BCUT2D eigenvalue weighted by Gasteiger charge is -2.06. The SMILES string of the molecule is Cc1oc(-n2cccc2)c(C#N)c1C(=O)Nc1ccc(Cl)cc1F. The number of anilines is 1. The van der Waals surface area contributed by atoms with Crippen LogP contribution in [-0.2, 0) is 0 Å². The molecule has 2 aromatic heterocycles. The van der Waals surface area contributed by atoms with Crippen LogP contribution >= 0.6 is 11.6 Å². The molecule has 0 saturated heterocycles. The molecule has 0 aliphatic rings. The first-order valence-electron chi connectivity index (χ1n) is 6.94. The second-order valence-corrected chi connectivity index (χ2v) is 5.43. The molecule has 0 spiro atoms. The first kappa shape index (κ1) is 15.8. The molecule has 0 atom stereocenters. The molecule has 0 unspecified atom stereocenters. The highest BCUT2D eigenvalue weighted by Crippen LogP contribution is 2.27. The third-order valence-corrected chi connectivity index (χ3v) is 3.66. The van der Waals surface area contributed by atoms with E-state index in [4.69, 9.17) is 16.0 Å². The molecule has 2 heterocycles. The molecule has 0 saturated carbocycles. The zero-order valence-electron chi connectivity index (χ0n) is 12.5. The Kier molecular flexibility index (Phi) is 4.11. The van der Waals surface area contributed by atoms with Gasteiger partial charge in [-0.2, -0.15) is 5.26 Å². The molecule has 3 rings (SSSR count). The molecule has 1 amide bonds. The molecule has 120 valence electrons. The number of nitriles is 1. The van der Waals surface area contributed by atoms with E-state index in [2.05, 4.69) is 5.32 Å². The molecular formula is C17H11ClFN3O2. The van der Waals surface area contributed by atoms with Crippen LogP contribution in [0, 0.1) is 24.1 Å². The Hall–Kier alpha value is -3.04. The van der Waals surface area contributed by atoms with Gasteiger partial charge in [0.1, 0.15) is 28.8 Å². The molecule has 0 fully saturated rings. The lowest BCUT2D eigenvalue weighted by atomic mass is 10.1. The highest BCUT2D eigenvalue weighted by atomic mass is 35.5. The smallest absolute Gasteiger partial charge is 0.260 e. The standard InChI is InChI=1S/C17H11ClFN3O2/c1-10-15(12(9-20)17(24-10)22-6-2-3-7-22)16(23)21-14-5-4-11(18)8-13(14)19/h2-8H,1H3,(H,21,23). The predicted molar refractivity (Wildman–Crippen MR) is 86.9 cm³/mol. The largest absolute Gasteiger partial charge is 0.443 e. The summed E-state index contributed by atoms with van der Waals surface area (Å²) < 4.78 is 21.0. The third kappa shape index (κ3) is 2.77. The van der Waals surface area contributed by atoms with Crippen molar-refractivity contribution in [1.29, 1.82) is 5.26 Å². The lowest BCUT2D eigenvalue weighted by molar-refractivity contribution is 0.102. The second kappa shape index (κ2) is 6.22. The van der Waals surface area contributed by atoms with Crippen LogP contribution in [0.3, 0.4) is 0 Å². The Morgan fingerprint density at radius 1 is 1.38 bits per heavy atom. The molecule has 0 aliphatic heterocycles. The maximum Gasteiger partial charge on any atom is 0.260 e. The quantitative estimate of drug-likeness (QED) is 0.771. The number of halogens is 2. The van der Waals surface area contributed by atoms with Crippen molar-refractivity contribution in [2.24, 2.45) is 0 Å². The molecule has 1 N–H and O–H groups in total. The Bertz CT molecular complexity index is 955. The number of aromatic nitrogens is 1. The normalized spacial score (nSPS) is 10.4. The van der Waals surface area contributed by atoms with Crippen molar-refractivity contribution in [3.05, 3.63) is 70.5 Å². The number of hydrogen-bond acceptors (Lipinski definition) is 3. The number of hydrogen-bond donors (Lipinski definition) is 1. The second-order valence-electron chi connectivity index (χ2n) is 4.99. The van der Waals surface area contributed by atoms with Gasteiger partial charge in [-0.1, -0.05) is 11.6 Å². The summed E-state index contributed by atoms with van der Waals surface area (Å²) in [6.07, 6.45) is 3.39. The zero-order valence-corrected chi connectivity index (χ0v) is 13.3. The number of carbonyl (C=O) groups is 1. The number of furan rings is 1. The molecular weight excluding hydrogens is 333 g/mol. The maximum atomic E-state index is 13.8. The van der Waals surface area contributed by atoms with Gasteiger partial charge in [0.25, 0.3) is 5.91 Å². The summed E-state index contributed by atoms with van der Waals surface area (Å²) in [5, 5.41) is 12.1. The summed E-state index contributed by atoms with van der Waals surface area (Å²) in [6, 6.07) is 9.41. The van der Waals surface area contributed by atoms with Crippen LogP contribution in [0.25, 0.3) is 5.88 Å². The minimum atomic E-state index is -0.666. The van der Waals surface area contributed by atoms with E-state index >= 15 is 0 Å². The van der Waals surface area contributed by atoms with Gasteiger partial charge in [-0.25, -0.2) is 4.39 Å². The van der Waals surface area contributed by atoms with E-state index in [1.807, 2.05) is 6.07 Å². The third-order valence-electron chi connectivity index (χ3n) is 3.42. The highest BCUT2D eigenvalue weighted by Gasteiger charge is 2.25. The van der Waals surface area contributed by atoms with Crippen LogP contribution in [0.4, 0.5) is 10.1 Å². The fourth-order valence-electron chi connectivity index (χ4n) is 2.33. The summed E-state index contributed by atoms with van der Waals surface area (Å²) in [5.74, 6) is -0.794. The van der Waals surface area contributed by atoms with Crippen molar-refractivity contribution in [1.82, 2.24) is 4.57 Å². The fraction of sp³-hybridized carbons (Fsp3) is 0.0588. The van der Waals surface area contributed by atoms with Gasteiger partial charge in [-0.15, -0.1) is 0 Å². The molecule has 5 nitrogen and oxygen atoms in total. The van der Waals surface area contributed by atoms with E-state index in [0.29, 0.717) is 0 Å². The summed E-state index contributed by atoms with van der Waals surface area (Å²) in [4.78, 5) is 12.5. The summed E-state index contributed by atoms with van der Waals surface area (Å²) >= 11 is 5.69. The Labute approximate surface area is 141 Å². The Morgan fingerprint density at radius 3 is 2.71 bits per heavy atom. The molecule has 7 heteroatoms. The monoisotopic (exact) mass is 343 g/mol. The minimum absolute atomic E-state index is 0.0311. The van der Waals surface area contributed by atoms with Crippen LogP contribution in [0.15, 0.2) is 47.1 Å². The topological polar surface area (TPSA) is 71.0 Å². The zero-order chi connectivity index (χ0) is 17.3. The maximum absolute atomic E-state index is 13.8. The fourth-order valence-corrected chi connectivity index (χ4v) is 2.49. The summed E-state index contributed by atoms with van der Waals surface area (Å²) in [6.45, 7) is 1.57. The van der Waals surface area contributed by atoms with Crippen LogP contribution in [-0.4, -0.2) is 10.5 Å². The van der Waals surface area contributed by atoms with Gasteiger partial charge in [0.15, 0.2) is 0 Å². The number of benzene rings is 1. The highest BCUT2D eigenvalue weighted by molar-refractivity contribution is 6.30. The molecule has 0 bridgehead atoms. The van der Waals surface area contributed by atoms with E-state index < -0.39 is 11.7 Å². The van der Waals surface area contributed by atoms with Crippen molar-refractivity contribution in [2.45, 2.75) is 6.92 Å². The Morgan fingerprint density at radius 2 is 2.08 bits per heavy atom. The minimum Gasteiger partial charge on any atom is -0.443 e. The first-order chi connectivity index (χ1) is 11.5.